The van der Waals surface area contributed by atoms with E-state index in [0.29, 0.717) is 30.7 Å². The van der Waals surface area contributed by atoms with Gasteiger partial charge in [0.15, 0.2) is 0 Å². The molecule has 1 N–H and O–H groups in total. The molecule has 0 radical (unpaired) electrons. The second-order valence-electron chi connectivity index (χ2n) is 12.1. The lowest BCUT2D eigenvalue weighted by Gasteiger charge is -2.58. The Balaban J connectivity index is 0.000000560. The van der Waals surface area contributed by atoms with Crippen LogP contribution in [0.2, 0.25) is 0 Å². The lowest BCUT2D eigenvalue weighted by atomic mass is 9.53. The van der Waals surface area contributed by atoms with E-state index < -0.39 is 0 Å². The number of fused-ring (bicyclic) bond motifs is 2. The Morgan fingerprint density at radius 1 is 0.971 bits per heavy atom. The molecule has 0 aromatic carbocycles. The summed E-state index contributed by atoms with van der Waals surface area (Å²) in [5, 5.41) is 7.88. The van der Waals surface area contributed by atoms with Crippen LogP contribution >= 0.6 is 0 Å². The second-order valence-corrected chi connectivity index (χ2v) is 12.1. The van der Waals surface area contributed by atoms with Crippen LogP contribution < -0.4 is 4.90 Å². The Labute approximate surface area is 207 Å². The van der Waals surface area contributed by atoms with Gasteiger partial charge in [0.1, 0.15) is 0 Å². The van der Waals surface area contributed by atoms with Gasteiger partial charge in [-0.05, 0) is 102 Å². The van der Waals surface area contributed by atoms with E-state index in [-0.39, 0.29) is 0 Å². The fourth-order valence-electron chi connectivity index (χ4n) is 7.24. The van der Waals surface area contributed by atoms with Gasteiger partial charge in [0.25, 0.3) is 0 Å². The monoisotopic (exact) mass is 469 g/mol. The van der Waals surface area contributed by atoms with E-state index in [1.807, 2.05) is 6.92 Å². The molecular formula is C28H47N5O. The fourth-order valence-corrected chi connectivity index (χ4v) is 7.24. The Kier molecular flexibility index (Phi) is 7.48. The highest BCUT2D eigenvalue weighted by Gasteiger charge is 2.50. The van der Waals surface area contributed by atoms with Gasteiger partial charge in [-0.1, -0.05) is 13.3 Å². The zero-order valence-electron chi connectivity index (χ0n) is 21.8. The summed E-state index contributed by atoms with van der Waals surface area (Å²) < 4.78 is 0. The van der Waals surface area contributed by atoms with E-state index in [4.69, 9.17) is 15.1 Å². The van der Waals surface area contributed by atoms with Gasteiger partial charge in [-0.25, -0.2) is 9.97 Å². The molecule has 1 spiro atoms. The number of aromatic nitrogens is 2. The number of hydrogen-bond acceptors (Lipinski definition) is 6. The lowest BCUT2D eigenvalue weighted by molar-refractivity contribution is -0.0611. The van der Waals surface area contributed by atoms with Crippen molar-refractivity contribution in [2.45, 2.75) is 115 Å². The van der Waals surface area contributed by atoms with Crippen molar-refractivity contribution in [3.63, 3.8) is 0 Å². The maximum atomic E-state index is 7.88. The molecule has 2 atom stereocenters. The minimum atomic E-state index is 0.319. The average Bonchev–Trinajstić information content (AvgIpc) is 3.06. The first kappa shape index (κ1) is 24.5. The van der Waals surface area contributed by atoms with Crippen LogP contribution in [0, 0.1) is 5.41 Å². The van der Waals surface area contributed by atoms with Crippen molar-refractivity contribution in [2.24, 2.45) is 5.41 Å². The largest absolute Gasteiger partial charge is 0.396 e. The third kappa shape index (κ3) is 4.87. The van der Waals surface area contributed by atoms with Gasteiger partial charge < -0.3 is 14.9 Å². The summed E-state index contributed by atoms with van der Waals surface area (Å²) in [4.78, 5) is 17.7. The molecule has 190 valence electrons. The topological polar surface area (TPSA) is 55.7 Å². The molecule has 3 saturated heterocycles. The molecule has 5 aliphatic rings. The van der Waals surface area contributed by atoms with Gasteiger partial charge in [0.05, 0.1) is 0 Å². The minimum Gasteiger partial charge on any atom is -0.396 e. The van der Waals surface area contributed by atoms with E-state index >= 15 is 0 Å². The number of rotatable bonds is 5. The average molecular weight is 470 g/mol. The number of anilines is 1. The van der Waals surface area contributed by atoms with Crippen LogP contribution in [-0.2, 0) is 0 Å². The molecule has 2 unspecified atom stereocenters. The van der Waals surface area contributed by atoms with Crippen LogP contribution in [-0.4, -0.2) is 81.8 Å². The molecule has 3 aliphatic heterocycles. The zero-order valence-corrected chi connectivity index (χ0v) is 21.8. The molecule has 5 fully saturated rings. The molecular weight excluding hydrogens is 422 g/mol. The second kappa shape index (κ2) is 10.4. The molecule has 6 rings (SSSR count). The van der Waals surface area contributed by atoms with Crippen molar-refractivity contribution in [3.05, 3.63) is 18.0 Å². The standard InChI is InChI=1S/C25H39N5.C3H8O/c1-18(2)29-16-21-4-5-22(17-29)30(21)24-26-14-20(15-27-24)19-6-10-28(11-7-19)23-12-25(13-23)8-3-9-25;1-2-3-4/h14-15,18-19,21-23H,3-13,16-17H2,1-2H3;4H,2-3H2,1H3. The molecule has 2 saturated carbocycles. The highest BCUT2D eigenvalue weighted by molar-refractivity contribution is 5.38. The number of piperidine rings is 1. The van der Waals surface area contributed by atoms with Crippen LogP contribution in [0.5, 0.6) is 0 Å². The van der Waals surface area contributed by atoms with E-state index in [1.165, 1.54) is 89.5 Å². The molecule has 1 aromatic rings. The summed E-state index contributed by atoms with van der Waals surface area (Å²) >= 11 is 0. The van der Waals surface area contributed by atoms with Crippen LogP contribution in [0.4, 0.5) is 5.95 Å². The van der Waals surface area contributed by atoms with Gasteiger partial charge in [-0.15, -0.1) is 0 Å². The van der Waals surface area contributed by atoms with Gasteiger partial charge in [0, 0.05) is 56.3 Å². The molecule has 34 heavy (non-hydrogen) atoms. The number of aliphatic hydroxyl groups excluding tert-OH is 1. The molecule has 0 amide bonds. The quantitative estimate of drug-likeness (QED) is 0.688. The predicted octanol–water partition coefficient (Wildman–Crippen LogP) is 4.44. The van der Waals surface area contributed by atoms with Gasteiger partial charge in [-0.3, -0.25) is 4.90 Å². The van der Waals surface area contributed by atoms with Crippen LogP contribution in [0.3, 0.4) is 0 Å². The summed E-state index contributed by atoms with van der Waals surface area (Å²) in [6.07, 6.45) is 17.8. The van der Waals surface area contributed by atoms with Crippen LogP contribution in [0.1, 0.15) is 96.5 Å². The summed E-state index contributed by atoms with van der Waals surface area (Å²) in [6, 6.07) is 2.73. The molecule has 6 nitrogen and oxygen atoms in total. The maximum Gasteiger partial charge on any atom is 0.225 e. The van der Waals surface area contributed by atoms with Crippen molar-refractivity contribution < 1.29 is 5.11 Å². The number of piperazine rings is 1. The maximum absolute atomic E-state index is 7.88. The molecule has 2 bridgehead atoms. The van der Waals surface area contributed by atoms with Crippen molar-refractivity contribution in [3.8, 4) is 0 Å². The number of hydrogen-bond donors (Lipinski definition) is 1. The molecule has 6 heteroatoms. The summed E-state index contributed by atoms with van der Waals surface area (Å²) in [5.74, 6) is 1.63. The van der Waals surface area contributed by atoms with Crippen molar-refractivity contribution in [2.75, 3.05) is 37.7 Å². The first-order valence-electron chi connectivity index (χ1n) is 14.2. The fraction of sp³-hybridized carbons (Fsp3) is 0.857. The Hall–Kier alpha value is -1.24. The van der Waals surface area contributed by atoms with Crippen LogP contribution in [0.25, 0.3) is 0 Å². The van der Waals surface area contributed by atoms with Gasteiger partial charge in [-0.2, -0.15) is 0 Å². The summed E-state index contributed by atoms with van der Waals surface area (Å²) in [6.45, 7) is 11.8. The molecule has 1 aromatic heterocycles. The third-order valence-electron chi connectivity index (χ3n) is 9.62. The van der Waals surface area contributed by atoms with E-state index in [0.717, 1.165) is 23.8 Å². The Bertz CT molecular complexity index is 762. The number of aliphatic hydroxyl groups is 1. The van der Waals surface area contributed by atoms with Gasteiger partial charge >= 0.3 is 0 Å². The minimum absolute atomic E-state index is 0.319. The summed E-state index contributed by atoms with van der Waals surface area (Å²) in [7, 11) is 0. The van der Waals surface area contributed by atoms with Crippen molar-refractivity contribution in [1.29, 1.82) is 0 Å². The van der Waals surface area contributed by atoms with Crippen molar-refractivity contribution >= 4 is 5.95 Å². The normalized spacial score (nSPS) is 29.6. The van der Waals surface area contributed by atoms with Crippen LogP contribution in [0.15, 0.2) is 12.4 Å². The first-order chi connectivity index (χ1) is 16.5. The van der Waals surface area contributed by atoms with Crippen molar-refractivity contribution in [1.82, 2.24) is 19.8 Å². The SMILES string of the molecule is CC(C)N1CC2CCC(C1)N2c1ncc(C2CCN(C3CC4(CCC4)C3)CC2)cn1.CCCO. The zero-order chi connectivity index (χ0) is 23.7. The highest BCUT2D eigenvalue weighted by atomic mass is 16.2. The number of likely N-dealkylation sites (tertiary alicyclic amines) is 2. The van der Waals surface area contributed by atoms with Gasteiger partial charge in [0.2, 0.25) is 5.95 Å². The van der Waals surface area contributed by atoms with E-state index in [1.54, 1.807) is 0 Å². The third-order valence-corrected chi connectivity index (χ3v) is 9.62. The molecule has 4 heterocycles. The predicted molar refractivity (Wildman–Crippen MR) is 138 cm³/mol. The first-order valence-corrected chi connectivity index (χ1v) is 14.2. The Morgan fingerprint density at radius 3 is 2.03 bits per heavy atom. The lowest BCUT2D eigenvalue weighted by Crippen LogP contribution is -2.56. The summed E-state index contributed by atoms with van der Waals surface area (Å²) in [5.41, 5.74) is 2.17. The van der Waals surface area contributed by atoms with E-state index in [2.05, 4.69) is 40.9 Å². The Morgan fingerprint density at radius 2 is 1.56 bits per heavy atom. The smallest absolute Gasteiger partial charge is 0.225 e. The highest BCUT2D eigenvalue weighted by Crippen LogP contribution is 2.57. The van der Waals surface area contributed by atoms with E-state index in [9.17, 15) is 0 Å². The molecule has 2 aliphatic carbocycles. The number of nitrogens with zero attached hydrogens (tertiary/aromatic N) is 5.